The Bertz CT molecular complexity index is 1490. The molecule has 0 amide bonds. The van der Waals surface area contributed by atoms with E-state index in [0.717, 1.165) is 24.8 Å². The molecule has 12 atom stereocenters. The van der Waals surface area contributed by atoms with Gasteiger partial charge in [-0.05, 0) is 110 Å². The summed E-state index contributed by atoms with van der Waals surface area (Å²) in [4.78, 5) is 0. The first-order valence-corrected chi connectivity index (χ1v) is 19.7. The van der Waals surface area contributed by atoms with Gasteiger partial charge in [0.05, 0.1) is 6.10 Å². The van der Waals surface area contributed by atoms with Crippen LogP contribution in [0.5, 0.6) is 0 Å². The van der Waals surface area contributed by atoms with E-state index in [4.69, 9.17) is 8.37 Å². The van der Waals surface area contributed by atoms with Gasteiger partial charge in [0, 0.05) is 0 Å². The van der Waals surface area contributed by atoms with Crippen LogP contribution < -0.4 is 88.7 Å². The Balaban J connectivity index is 0.00000384. The summed E-state index contributed by atoms with van der Waals surface area (Å²) in [6.45, 7) is 16.9. The van der Waals surface area contributed by atoms with E-state index in [9.17, 15) is 38.9 Å². The minimum absolute atomic E-state index is 0. The Morgan fingerprint density at radius 1 is 0.729 bits per heavy atom. The Labute approximate surface area is 354 Å². The van der Waals surface area contributed by atoms with Crippen LogP contribution in [0, 0.1) is 58.2 Å². The predicted octanol–water partition coefficient (Wildman–Crippen LogP) is -4.55. The maximum atomic E-state index is 11.9. The van der Waals surface area contributed by atoms with Gasteiger partial charge in [-0.3, -0.25) is 12.5 Å². The van der Waals surface area contributed by atoms with E-state index in [1.54, 1.807) is 0 Å². The zero-order chi connectivity index (χ0) is 33.9. The molecule has 4 rings (SSSR count). The minimum atomic E-state index is -5.36. The Kier molecular flexibility index (Phi) is 17.7. The van der Waals surface area contributed by atoms with Crippen molar-refractivity contribution in [3.05, 3.63) is 24.3 Å². The normalized spacial score (nSPS) is 38.0. The summed E-state index contributed by atoms with van der Waals surface area (Å²) in [6.07, 6.45) is 3.14. The molecule has 4 fully saturated rings. The second-order valence-electron chi connectivity index (χ2n) is 14.9. The quantitative estimate of drug-likeness (QED) is 0.0847. The maximum Gasteiger partial charge on any atom is 1.00 e. The molecule has 0 bridgehead atoms. The van der Waals surface area contributed by atoms with Crippen LogP contribution in [-0.2, 0) is 43.7 Å². The fraction of sp³-hybridized carbons (Fsp3) is 0.867. The van der Waals surface area contributed by atoms with Crippen molar-refractivity contribution in [3.63, 3.8) is 0 Å². The molecule has 0 radical (unpaired) electrons. The Hall–Kier alpha value is 2.09. The van der Waals surface area contributed by atoms with Crippen LogP contribution in [-0.4, -0.2) is 57.2 Å². The van der Waals surface area contributed by atoms with Gasteiger partial charge in [0.25, 0.3) is 0 Å². The standard InChI is InChI=1S/C30H50O12S3.3Na/c1-17(2)20(18(3)4)9-8-19(5)22-10-11-23-21-14-26(40-43(31,32)33)25-15-27(41-44(34,35)36)28(42-45(37,38)39)16-30(25,7)24(21)12-13-29(22,23)6;;;/h8-9,18-28H,1,10-16H2,2-7H3,(H,31,32,33)(H,34,35,36)(H,37,38,39);;;/q;3*+1/p-3/b9-8-;;;/t19?,20?,21?,22-,23?,24?,25?,26?,27?,28?,29-,30-;;;/m1.../s1. The molecule has 9 unspecified atom stereocenters. The summed E-state index contributed by atoms with van der Waals surface area (Å²) in [5.74, 6) is 0.452. The summed E-state index contributed by atoms with van der Waals surface area (Å²) in [6, 6.07) is 0. The minimum Gasteiger partial charge on any atom is -0.726 e. The van der Waals surface area contributed by atoms with Gasteiger partial charge in [0.2, 0.25) is 31.2 Å². The number of rotatable bonds is 11. The van der Waals surface area contributed by atoms with E-state index in [0.29, 0.717) is 18.3 Å². The molecular formula is C30H47Na3O12S3. The topological polar surface area (TPSA) is 199 Å². The number of fused-ring (bicyclic) bond motifs is 5. The zero-order valence-electron chi connectivity index (χ0n) is 29.8. The van der Waals surface area contributed by atoms with E-state index in [2.05, 4.69) is 50.6 Å². The Morgan fingerprint density at radius 3 is 1.73 bits per heavy atom. The molecule has 4 aliphatic rings. The fourth-order valence-corrected chi connectivity index (χ4v) is 11.8. The van der Waals surface area contributed by atoms with E-state index < -0.39 is 60.8 Å². The third-order valence-electron chi connectivity index (χ3n) is 12.0. The molecule has 48 heavy (non-hydrogen) atoms. The van der Waals surface area contributed by atoms with E-state index in [1.165, 1.54) is 0 Å². The first-order valence-electron chi connectivity index (χ1n) is 15.7. The van der Waals surface area contributed by atoms with Crippen molar-refractivity contribution in [2.75, 3.05) is 0 Å². The second-order valence-corrected chi connectivity index (χ2v) is 17.9. The third kappa shape index (κ3) is 11.1. The summed E-state index contributed by atoms with van der Waals surface area (Å²) in [5.41, 5.74) is 0.0854. The predicted molar refractivity (Wildman–Crippen MR) is 161 cm³/mol. The van der Waals surface area contributed by atoms with Crippen molar-refractivity contribution in [3.8, 4) is 0 Å². The van der Waals surface area contributed by atoms with Gasteiger partial charge < -0.3 is 13.7 Å². The number of hydrogen-bond donors (Lipinski definition) is 0. The SMILES string of the molecule is C=C(C)C(/C=C\C(C)[C@H]1CCC2C3CC(OS(=O)(=O)[O-])C4CC(OS(=O)(=O)[O-])C(OS(=O)(=O)[O-])C[C@]4(C)C3CC[C@@]21C)C(C)C.[Na+].[Na+].[Na+]. The van der Waals surface area contributed by atoms with Crippen molar-refractivity contribution in [1.82, 2.24) is 0 Å². The molecule has 0 saturated heterocycles. The molecule has 0 aromatic carbocycles. The summed E-state index contributed by atoms with van der Waals surface area (Å²) < 4.78 is 120. The Morgan fingerprint density at radius 2 is 1.23 bits per heavy atom. The molecule has 0 spiro atoms. The molecule has 12 nitrogen and oxygen atoms in total. The van der Waals surface area contributed by atoms with Crippen molar-refractivity contribution >= 4 is 31.2 Å². The van der Waals surface area contributed by atoms with Crippen LogP contribution in [0.4, 0.5) is 0 Å². The molecule has 4 saturated carbocycles. The first kappa shape index (κ1) is 48.1. The zero-order valence-corrected chi connectivity index (χ0v) is 38.2. The van der Waals surface area contributed by atoms with Crippen LogP contribution in [0.3, 0.4) is 0 Å². The number of allylic oxidation sites excluding steroid dienone is 3. The van der Waals surface area contributed by atoms with Gasteiger partial charge in [-0.25, -0.2) is 25.3 Å². The van der Waals surface area contributed by atoms with Crippen LogP contribution in [0.25, 0.3) is 0 Å². The number of hydrogen-bond acceptors (Lipinski definition) is 12. The molecule has 0 heterocycles. The van der Waals surface area contributed by atoms with Gasteiger partial charge in [-0.2, -0.15) is 0 Å². The van der Waals surface area contributed by atoms with E-state index in [-0.39, 0.29) is 143 Å². The van der Waals surface area contributed by atoms with Crippen LogP contribution >= 0.6 is 0 Å². The van der Waals surface area contributed by atoms with Gasteiger partial charge in [-0.15, -0.1) is 0 Å². The van der Waals surface area contributed by atoms with Crippen molar-refractivity contribution in [2.45, 2.75) is 105 Å². The monoisotopic (exact) mass is 764 g/mol. The average molecular weight is 765 g/mol. The van der Waals surface area contributed by atoms with Gasteiger partial charge in [0.1, 0.15) is 12.2 Å². The van der Waals surface area contributed by atoms with Crippen molar-refractivity contribution < 1.29 is 140 Å². The van der Waals surface area contributed by atoms with Gasteiger partial charge >= 0.3 is 88.7 Å². The molecule has 18 heteroatoms. The molecule has 0 aromatic rings. The van der Waals surface area contributed by atoms with E-state index in [1.807, 2.05) is 13.8 Å². The summed E-state index contributed by atoms with van der Waals surface area (Å²) in [5, 5.41) is 0. The molecule has 260 valence electrons. The molecule has 0 aliphatic heterocycles. The summed E-state index contributed by atoms with van der Waals surface area (Å²) >= 11 is 0. The smallest absolute Gasteiger partial charge is 0.726 e. The molecular weight excluding hydrogens is 717 g/mol. The van der Waals surface area contributed by atoms with Crippen LogP contribution in [0.15, 0.2) is 24.3 Å². The van der Waals surface area contributed by atoms with E-state index >= 15 is 0 Å². The molecule has 0 N–H and O–H groups in total. The first-order chi connectivity index (χ1) is 20.4. The summed E-state index contributed by atoms with van der Waals surface area (Å²) in [7, 11) is -15.9. The van der Waals surface area contributed by atoms with Crippen LogP contribution in [0.1, 0.15) is 86.5 Å². The van der Waals surface area contributed by atoms with Gasteiger partial charge in [0.15, 0.2) is 0 Å². The van der Waals surface area contributed by atoms with Crippen molar-refractivity contribution in [1.29, 1.82) is 0 Å². The fourth-order valence-electron chi connectivity index (χ4n) is 10.3. The largest absolute Gasteiger partial charge is 1.00 e. The molecule has 0 aromatic heterocycles. The average Bonchev–Trinajstić information content (AvgIpc) is 3.19. The van der Waals surface area contributed by atoms with Crippen LogP contribution in [0.2, 0.25) is 0 Å². The third-order valence-corrected chi connectivity index (χ3v) is 13.4. The molecule has 4 aliphatic carbocycles. The van der Waals surface area contributed by atoms with Gasteiger partial charge in [-0.1, -0.05) is 58.9 Å². The second kappa shape index (κ2) is 17.7. The van der Waals surface area contributed by atoms with Crippen molar-refractivity contribution in [2.24, 2.45) is 58.2 Å². The maximum absolute atomic E-state index is 11.9.